The minimum absolute atomic E-state index is 0.0793. The molecule has 4 aromatic rings. The Hall–Kier alpha value is -3.74. The molecule has 3 aromatic heterocycles. The van der Waals surface area contributed by atoms with E-state index >= 15 is 0 Å². The van der Waals surface area contributed by atoms with Crippen molar-refractivity contribution in [3.63, 3.8) is 0 Å². The average Bonchev–Trinajstić information content (AvgIpc) is 3.44. The molecule has 216 valence electrons. The van der Waals surface area contributed by atoms with E-state index in [0.29, 0.717) is 58.4 Å². The van der Waals surface area contributed by atoms with Crippen LogP contribution in [-0.2, 0) is 26.4 Å². The third-order valence-corrected chi connectivity index (χ3v) is 9.30. The van der Waals surface area contributed by atoms with E-state index in [9.17, 15) is 14.4 Å². The van der Waals surface area contributed by atoms with Crippen LogP contribution in [-0.4, -0.2) is 53.5 Å². The highest BCUT2D eigenvalue weighted by molar-refractivity contribution is 7.22. The summed E-state index contributed by atoms with van der Waals surface area (Å²) < 4.78 is 26.2. The maximum atomic E-state index is 14.3. The summed E-state index contributed by atoms with van der Waals surface area (Å²) in [5.41, 5.74) is -0.843. The van der Waals surface area contributed by atoms with Gasteiger partial charge in [-0.15, -0.1) is 11.3 Å². The highest BCUT2D eigenvalue weighted by Crippen LogP contribution is 2.43. The molecule has 2 fully saturated rings. The van der Waals surface area contributed by atoms with E-state index in [-0.39, 0.29) is 18.6 Å². The molecule has 12 heteroatoms. The number of rotatable bonds is 9. The van der Waals surface area contributed by atoms with Gasteiger partial charge in [-0.25, -0.2) is 14.3 Å². The normalized spacial score (nSPS) is 17.4. The molecule has 0 radical (unpaired) electrons. The lowest BCUT2D eigenvalue weighted by Crippen LogP contribution is -2.51. The Balaban J connectivity index is 1.57. The van der Waals surface area contributed by atoms with E-state index in [4.69, 9.17) is 18.6 Å². The maximum absolute atomic E-state index is 14.3. The largest absolute Gasteiger partial charge is 0.496 e. The first-order chi connectivity index (χ1) is 19.9. The Labute approximate surface area is 239 Å². The number of thiophene rings is 1. The Morgan fingerprint density at radius 2 is 2.00 bits per heavy atom. The number of hydrogen-bond acceptors (Lipinski definition) is 9. The second kappa shape index (κ2) is 10.9. The number of carbonyl (C=O) groups excluding carboxylic acids is 1. The molecule has 4 heterocycles. The first kappa shape index (κ1) is 27.4. The van der Waals surface area contributed by atoms with Crippen molar-refractivity contribution >= 4 is 27.5 Å². The zero-order valence-electron chi connectivity index (χ0n) is 23.2. The number of aromatic nitrogens is 3. The van der Waals surface area contributed by atoms with Crippen LogP contribution in [0.5, 0.6) is 5.75 Å². The van der Waals surface area contributed by atoms with Crippen LogP contribution in [0.15, 0.2) is 50.7 Å². The lowest BCUT2D eigenvalue weighted by atomic mass is 10.1. The van der Waals surface area contributed by atoms with E-state index in [0.717, 1.165) is 23.0 Å². The third kappa shape index (κ3) is 4.69. The van der Waals surface area contributed by atoms with Crippen molar-refractivity contribution in [3.05, 3.63) is 68.7 Å². The fourth-order valence-corrected chi connectivity index (χ4v) is 6.93. The van der Waals surface area contributed by atoms with Gasteiger partial charge in [0.2, 0.25) is 11.8 Å². The Bertz CT molecular complexity index is 1690. The molecule has 11 nitrogen and oxygen atoms in total. The van der Waals surface area contributed by atoms with Crippen LogP contribution in [0, 0.1) is 6.92 Å². The van der Waals surface area contributed by atoms with Gasteiger partial charge in [0.25, 0.3) is 5.56 Å². The van der Waals surface area contributed by atoms with Crippen LogP contribution in [0.1, 0.15) is 42.9 Å². The molecule has 1 N–H and O–H groups in total. The molecule has 1 amide bonds. The topological polar surface area (TPSA) is 127 Å². The SMILES string of the molecule is CNC(=O)C1(n2c(=O)c3c(C)c(-c4ncco4)sc3n(C[C@H](OC3CCOCC3)c3ccccc3OC)c2=O)CC1. The maximum Gasteiger partial charge on any atom is 0.333 e. The van der Waals surface area contributed by atoms with Gasteiger partial charge in [-0.1, -0.05) is 18.2 Å². The van der Waals surface area contributed by atoms with Gasteiger partial charge in [0.15, 0.2) is 0 Å². The van der Waals surface area contributed by atoms with Crippen molar-refractivity contribution in [1.29, 1.82) is 0 Å². The van der Waals surface area contributed by atoms with Gasteiger partial charge in [-0.05, 0) is 44.2 Å². The fourth-order valence-electron chi connectivity index (χ4n) is 5.69. The number of likely N-dealkylation sites (N-methyl/N-ethyl adjacent to an activating group) is 1. The van der Waals surface area contributed by atoms with Crippen LogP contribution < -0.4 is 21.3 Å². The number of carbonyl (C=O) groups is 1. The summed E-state index contributed by atoms with van der Waals surface area (Å²) in [5.74, 6) is 0.637. The van der Waals surface area contributed by atoms with Crippen molar-refractivity contribution in [2.45, 2.75) is 56.9 Å². The summed E-state index contributed by atoms with van der Waals surface area (Å²) in [7, 11) is 3.11. The van der Waals surface area contributed by atoms with Gasteiger partial charge in [0.05, 0.1) is 36.2 Å². The monoisotopic (exact) mass is 580 g/mol. The number of hydrogen-bond donors (Lipinski definition) is 1. The van der Waals surface area contributed by atoms with Gasteiger partial charge in [0.1, 0.15) is 28.5 Å². The number of nitrogens with one attached hydrogen (secondary N) is 1. The highest BCUT2D eigenvalue weighted by Gasteiger charge is 2.54. The van der Waals surface area contributed by atoms with Crippen molar-refractivity contribution in [1.82, 2.24) is 19.4 Å². The predicted molar refractivity (Wildman–Crippen MR) is 153 cm³/mol. The Morgan fingerprint density at radius 3 is 2.66 bits per heavy atom. The van der Waals surface area contributed by atoms with Crippen molar-refractivity contribution in [2.75, 3.05) is 27.4 Å². The van der Waals surface area contributed by atoms with Gasteiger partial charge in [-0.2, -0.15) is 0 Å². The molecular weight excluding hydrogens is 548 g/mol. The third-order valence-electron chi connectivity index (χ3n) is 8.00. The standard InChI is InChI=1S/C29H32N4O7S/c1-17-22-25(34)33(29(10-11-29)27(35)30-2)28(36)32(26(22)41-23(17)24-31-12-15-39-24)16-21(40-18-8-13-38-14-9-18)19-6-4-5-7-20(19)37-3/h4-7,12,15,18,21H,8-11,13-14,16H2,1-3H3,(H,30,35)/t21-/m0/s1. The van der Waals surface area contributed by atoms with Crippen LogP contribution in [0.3, 0.4) is 0 Å². The number of oxazole rings is 1. The lowest BCUT2D eigenvalue weighted by Gasteiger charge is -2.29. The molecule has 1 aliphatic carbocycles. The fraction of sp³-hybridized carbons (Fsp3) is 0.448. The summed E-state index contributed by atoms with van der Waals surface area (Å²) in [5, 5.41) is 3.01. The van der Waals surface area contributed by atoms with E-state index < -0.39 is 22.9 Å². The molecule has 1 aliphatic heterocycles. The first-order valence-electron chi connectivity index (χ1n) is 13.7. The molecule has 0 bridgehead atoms. The average molecular weight is 581 g/mol. The lowest BCUT2D eigenvalue weighted by molar-refractivity contribution is -0.125. The number of aryl methyl sites for hydroxylation is 1. The number of benzene rings is 1. The van der Waals surface area contributed by atoms with Crippen molar-refractivity contribution in [3.8, 4) is 16.5 Å². The molecule has 0 spiro atoms. The smallest absolute Gasteiger partial charge is 0.333 e. The minimum atomic E-state index is -1.22. The summed E-state index contributed by atoms with van der Waals surface area (Å²) in [6.07, 6.45) is 4.59. The molecule has 1 aromatic carbocycles. The van der Waals surface area contributed by atoms with Gasteiger partial charge < -0.3 is 23.9 Å². The van der Waals surface area contributed by atoms with Crippen LogP contribution in [0.2, 0.25) is 0 Å². The Morgan fingerprint density at radius 1 is 1.24 bits per heavy atom. The van der Waals surface area contributed by atoms with Gasteiger partial charge in [0, 0.05) is 25.8 Å². The van der Waals surface area contributed by atoms with Crippen LogP contribution in [0.25, 0.3) is 21.0 Å². The first-order valence-corrected chi connectivity index (χ1v) is 14.5. The van der Waals surface area contributed by atoms with E-state index in [1.165, 1.54) is 30.8 Å². The second-order valence-corrected chi connectivity index (χ2v) is 11.4. The number of ether oxygens (including phenoxy) is 3. The van der Waals surface area contributed by atoms with Crippen molar-refractivity contribution in [2.24, 2.45) is 0 Å². The van der Waals surface area contributed by atoms with Crippen molar-refractivity contribution < 1.29 is 23.4 Å². The summed E-state index contributed by atoms with van der Waals surface area (Å²) in [4.78, 5) is 46.8. The van der Waals surface area contributed by atoms with Crippen LogP contribution >= 0.6 is 11.3 Å². The molecule has 6 rings (SSSR count). The molecule has 2 aliphatic rings. The summed E-state index contributed by atoms with van der Waals surface area (Å²) in [6, 6.07) is 7.56. The quantitative estimate of drug-likeness (QED) is 0.319. The second-order valence-electron chi connectivity index (χ2n) is 10.4. The minimum Gasteiger partial charge on any atom is -0.496 e. The highest BCUT2D eigenvalue weighted by atomic mass is 32.1. The molecule has 1 atom stereocenters. The van der Waals surface area contributed by atoms with E-state index in [1.54, 1.807) is 11.7 Å². The molecule has 1 saturated heterocycles. The van der Waals surface area contributed by atoms with Crippen LogP contribution in [0.4, 0.5) is 0 Å². The Kier molecular flexibility index (Phi) is 7.30. The number of methoxy groups -OCH3 is 1. The zero-order valence-corrected chi connectivity index (χ0v) is 24.0. The molecule has 41 heavy (non-hydrogen) atoms. The number of fused-ring (bicyclic) bond motifs is 1. The molecule has 1 saturated carbocycles. The van der Waals surface area contributed by atoms with E-state index in [2.05, 4.69) is 10.3 Å². The van der Waals surface area contributed by atoms with Gasteiger partial charge in [-0.3, -0.25) is 14.2 Å². The number of para-hydroxylation sites is 1. The molecule has 0 unspecified atom stereocenters. The number of nitrogens with zero attached hydrogens (tertiary/aromatic N) is 3. The van der Waals surface area contributed by atoms with E-state index in [1.807, 2.05) is 31.2 Å². The zero-order chi connectivity index (χ0) is 28.7. The number of amides is 1. The molecular formula is C29H32N4O7S. The van der Waals surface area contributed by atoms with Gasteiger partial charge >= 0.3 is 5.69 Å². The summed E-state index contributed by atoms with van der Waals surface area (Å²) in [6.45, 7) is 3.10. The predicted octanol–water partition coefficient (Wildman–Crippen LogP) is 3.37. The summed E-state index contributed by atoms with van der Waals surface area (Å²) >= 11 is 1.27.